The number of nitrogens with zero attached hydrogens (tertiary/aromatic N) is 1. The summed E-state index contributed by atoms with van der Waals surface area (Å²) in [6.07, 6.45) is 0. The molecule has 9 heteroatoms. The third-order valence-corrected chi connectivity index (χ3v) is 5.75. The fourth-order valence-electron chi connectivity index (χ4n) is 2.34. The van der Waals surface area contributed by atoms with Gasteiger partial charge in [0.05, 0.1) is 6.61 Å². The van der Waals surface area contributed by atoms with Gasteiger partial charge in [0.25, 0.3) is 0 Å². The van der Waals surface area contributed by atoms with Gasteiger partial charge in [0, 0.05) is 37.8 Å². The lowest BCUT2D eigenvalue weighted by molar-refractivity contribution is 0.144. The van der Waals surface area contributed by atoms with Gasteiger partial charge in [0.1, 0.15) is 17.3 Å². The third kappa shape index (κ3) is 4.95. The van der Waals surface area contributed by atoms with E-state index in [2.05, 4.69) is 5.32 Å². The third-order valence-electron chi connectivity index (χ3n) is 3.48. The van der Waals surface area contributed by atoms with Gasteiger partial charge in [-0.15, -0.1) is 12.4 Å². The first-order valence-corrected chi connectivity index (χ1v) is 8.92. The molecule has 1 atom stereocenters. The van der Waals surface area contributed by atoms with Gasteiger partial charge in [-0.2, -0.15) is 4.31 Å². The molecule has 1 unspecified atom stereocenters. The molecular formula is C14H22Cl2N2O4S. The zero-order valence-corrected chi connectivity index (χ0v) is 15.5. The highest BCUT2D eigenvalue weighted by Gasteiger charge is 2.33. The maximum absolute atomic E-state index is 12.9. The topological polar surface area (TPSA) is 67.9 Å². The SMILES string of the molecule is COCCOc1ccc(Cl)cc1S(=O)(=O)N1CCNCC1C.Cl. The van der Waals surface area contributed by atoms with E-state index >= 15 is 0 Å². The minimum Gasteiger partial charge on any atom is -0.490 e. The molecule has 1 aromatic rings. The van der Waals surface area contributed by atoms with Crippen molar-refractivity contribution in [2.45, 2.75) is 17.9 Å². The van der Waals surface area contributed by atoms with E-state index in [9.17, 15) is 8.42 Å². The van der Waals surface area contributed by atoms with Crippen LogP contribution in [0.3, 0.4) is 0 Å². The Labute approximate surface area is 148 Å². The van der Waals surface area contributed by atoms with Crippen LogP contribution in [0, 0.1) is 0 Å². The lowest BCUT2D eigenvalue weighted by Gasteiger charge is -2.33. The fraction of sp³-hybridized carbons (Fsp3) is 0.571. The predicted molar refractivity (Wildman–Crippen MR) is 92.3 cm³/mol. The number of rotatable bonds is 6. The Morgan fingerprint density at radius 1 is 1.39 bits per heavy atom. The monoisotopic (exact) mass is 384 g/mol. The first kappa shape index (κ1) is 20.5. The largest absolute Gasteiger partial charge is 0.490 e. The molecule has 6 nitrogen and oxygen atoms in total. The first-order chi connectivity index (χ1) is 10.5. The van der Waals surface area contributed by atoms with Crippen LogP contribution >= 0.6 is 24.0 Å². The van der Waals surface area contributed by atoms with Crippen LogP contribution in [0.5, 0.6) is 5.75 Å². The Bertz CT molecular complexity index is 613. The van der Waals surface area contributed by atoms with Crippen LogP contribution in [0.2, 0.25) is 5.02 Å². The number of piperazine rings is 1. The van der Waals surface area contributed by atoms with Crippen molar-refractivity contribution in [3.63, 3.8) is 0 Å². The Kier molecular flexibility index (Phi) is 8.06. The van der Waals surface area contributed by atoms with Gasteiger partial charge in [0.15, 0.2) is 0 Å². The van der Waals surface area contributed by atoms with Crippen molar-refractivity contribution < 1.29 is 17.9 Å². The van der Waals surface area contributed by atoms with E-state index in [0.717, 1.165) is 0 Å². The second-order valence-electron chi connectivity index (χ2n) is 5.10. The molecule has 0 spiro atoms. The van der Waals surface area contributed by atoms with Crippen molar-refractivity contribution in [3.05, 3.63) is 23.2 Å². The predicted octanol–water partition coefficient (Wildman–Crippen LogP) is 1.77. The van der Waals surface area contributed by atoms with Gasteiger partial charge in [-0.3, -0.25) is 0 Å². The summed E-state index contributed by atoms with van der Waals surface area (Å²) in [4.78, 5) is 0.102. The highest BCUT2D eigenvalue weighted by molar-refractivity contribution is 7.89. The van der Waals surface area contributed by atoms with E-state index < -0.39 is 10.0 Å². The summed E-state index contributed by atoms with van der Waals surface area (Å²) in [5, 5.41) is 3.54. The van der Waals surface area contributed by atoms with Gasteiger partial charge in [-0.25, -0.2) is 8.42 Å². The van der Waals surface area contributed by atoms with Crippen LogP contribution in [0.15, 0.2) is 23.1 Å². The molecule has 1 aromatic carbocycles. The number of halogens is 2. The van der Waals surface area contributed by atoms with Crippen molar-refractivity contribution in [2.24, 2.45) is 0 Å². The smallest absolute Gasteiger partial charge is 0.247 e. The average Bonchev–Trinajstić information content (AvgIpc) is 2.49. The van der Waals surface area contributed by atoms with E-state index in [4.69, 9.17) is 21.1 Å². The highest BCUT2D eigenvalue weighted by atomic mass is 35.5. The summed E-state index contributed by atoms with van der Waals surface area (Å²) < 4.78 is 37.8. The standard InChI is InChI=1S/C14H21ClN2O4S.ClH/c1-11-10-16-5-6-17(11)22(18,19)14-9-12(15)3-4-13(14)21-8-7-20-2;/h3-4,9,11,16H,5-8,10H2,1-2H3;1H. The summed E-state index contributed by atoms with van der Waals surface area (Å²) >= 11 is 5.98. The minimum absolute atomic E-state index is 0. The number of nitrogens with one attached hydrogen (secondary N) is 1. The molecule has 2 rings (SSSR count). The van der Waals surface area contributed by atoms with Crippen LogP contribution in [-0.4, -0.2) is 58.7 Å². The summed E-state index contributed by atoms with van der Waals surface area (Å²) in [6, 6.07) is 4.51. The number of methoxy groups -OCH3 is 1. The van der Waals surface area contributed by atoms with E-state index in [1.807, 2.05) is 6.92 Å². The van der Waals surface area contributed by atoms with Crippen LogP contribution in [0.4, 0.5) is 0 Å². The van der Waals surface area contributed by atoms with E-state index in [-0.39, 0.29) is 30.0 Å². The van der Waals surface area contributed by atoms with Crippen molar-refractivity contribution in [1.29, 1.82) is 0 Å². The molecule has 132 valence electrons. The van der Waals surface area contributed by atoms with Crippen LogP contribution in [-0.2, 0) is 14.8 Å². The second-order valence-corrected chi connectivity index (χ2v) is 7.40. The molecular weight excluding hydrogens is 363 g/mol. The van der Waals surface area contributed by atoms with Gasteiger partial charge >= 0.3 is 0 Å². The second kappa shape index (κ2) is 9.05. The van der Waals surface area contributed by atoms with Gasteiger partial charge in [-0.1, -0.05) is 11.6 Å². The lowest BCUT2D eigenvalue weighted by Crippen LogP contribution is -2.52. The minimum atomic E-state index is -3.66. The normalized spacial score (nSPS) is 19.2. The molecule has 1 fully saturated rings. The van der Waals surface area contributed by atoms with Crippen molar-refractivity contribution in [3.8, 4) is 5.75 Å². The molecule has 1 heterocycles. The lowest BCUT2D eigenvalue weighted by atomic mass is 10.3. The molecule has 0 saturated carbocycles. The molecule has 1 N–H and O–H groups in total. The molecule has 0 bridgehead atoms. The van der Waals surface area contributed by atoms with Crippen molar-refractivity contribution >= 4 is 34.0 Å². The molecule has 1 aliphatic rings. The van der Waals surface area contributed by atoms with Crippen LogP contribution < -0.4 is 10.1 Å². The molecule has 0 radical (unpaired) electrons. The van der Waals surface area contributed by atoms with Crippen molar-refractivity contribution in [1.82, 2.24) is 9.62 Å². The molecule has 0 aromatic heterocycles. The zero-order valence-electron chi connectivity index (χ0n) is 13.1. The summed E-state index contributed by atoms with van der Waals surface area (Å²) in [5.74, 6) is 0.298. The van der Waals surface area contributed by atoms with E-state index in [1.165, 1.54) is 10.4 Å². The zero-order chi connectivity index (χ0) is 16.2. The van der Waals surface area contributed by atoms with Gasteiger partial charge in [0.2, 0.25) is 10.0 Å². The molecule has 1 aliphatic heterocycles. The highest BCUT2D eigenvalue weighted by Crippen LogP contribution is 2.31. The fourth-order valence-corrected chi connectivity index (χ4v) is 4.37. The number of hydrogen-bond acceptors (Lipinski definition) is 5. The first-order valence-electron chi connectivity index (χ1n) is 7.10. The number of benzene rings is 1. The Morgan fingerprint density at radius 3 is 2.78 bits per heavy atom. The molecule has 0 aliphatic carbocycles. The van der Waals surface area contributed by atoms with Gasteiger partial charge < -0.3 is 14.8 Å². The Morgan fingerprint density at radius 2 is 2.13 bits per heavy atom. The average molecular weight is 385 g/mol. The Balaban J connectivity index is 0.00000264. The molecule has 0 amide bonds. The van der Waals surface area contributed by atoms with Crippen LogP contribution in [0.25, 0.3) is 0 Å². The Hall–Kier alpha value is -0.570. The van der Waals surface area contributed by atoms with E-state index in [0.29, 0.717) is 37.0 Å². The van der Waals surface area contributed by atoms with Crippen LogP contribution in [0.1, 0.15) is 6.92 Å². The summed E-state index contributed by atoms with van der Waals surface area (Å²) in [5.41, 5.74) is 0. The summed E-state index contributed by atoms with van der Waals surface area (Å²) in [7, 11) is -2.10. The summed E-state index contributed by atoms with van der Waals surface area (Å²) in [6.45, 7) is 4.21. The van der Waals surface area contributed by atoms with Gasteiger partial charge in [-0.05, 0) is 25.1 Å². The maximum atomic E-state index is 12.9. The molecule has 1 saturated heterocycles. The number of sulfonamides is 1. The number of ether oxygens (including phenoxy) is 2. The maximum Gasteiger partial charge on any atom is 0.247 e. The van der Waals surface area contributed by atoms with E-state index in [1.54, 1.807) is 19.2 Å². The van der Waals surface area contributed by atoms with Crippen molar-refractivity contribution in [2.75, 3.05) is 40.0 Å². The quantitative estimate of drug-likeness (QED) is 0.756. The molecule has 23 heavy (non-hydrogen) atoms. The number of hydrogen-bond donors (Lipinski definition) is 1.